The second-order valence-electron chi connectivity index (χ2n) is 5.47. The van der Waals surface area contributed by atoms with Gasteiger partial charge < -0.3 is 4.74 Å². The molecule has 0 spiro atoms. The first kappa shape index (κ1) is 13.0. The Morgan fingerprint density at radius 3 is 2.82 bits per heavy atom. The Morgan fingerprint density at radius 2 is 2.00 bits per heavy atom. The van der Waals surface area contributed by atoms with E-state index in [4.69, 9.17) is 4.74 Å². The van der Waals surface area contributed by atoms with Crippen molar-refractivity contribution < 1.29 is 9.53 Å². The third-order valence-electron chi connectivity index (χ3n) is 3.94. The minimum Gasteiger partial charge on any atom is -0.425 e. The van der Waals surface area contributed by atoms with Crippen molar-refractivity contribution >= 4 is 17.0 Å². The van der Waals surface area contributed by atoms with Crippen LogP contribution >= 0.6 is 0 Å². The van der Waals surface area contributed by atoms with Crippen molar-refractivity contribution in [3.63, 3.8) is 0 Å². The third kappa shape index (κ3) is 1.97. The quantitative estimate of drug-likeness (QED) is 0.647. The van der Waals surface area contributed by atoms with Crippen LogP contribution in [0.3, 0.4) is 0 Å². The van der Waals surface area contributed by atoms with Gasteiger partial charge in [-0.25, -0.2) is 9.67 Å². The summed E-state index contributed by atoms with van der Waals surface area (Å²) in [6, 6.07) is 9.84. The predicted molar refractivity (Wildman–Crippen MR) is 82.2 cm³/mol. The molecule has 0 aliphatic carbocycles. The first-order valence-corrected chi connectivity index (χ1v) is 7.37. The molecule has 0 fully saturated rings. The van der Waals surface area contributed by atoms with Gasteiger partial charge in [-0.15, -0.1) is 0 Å². The van der Waals surface area contributed by atoms with E-state index >= 15 is 0 Å². The van der Waals surface area contributed by atoms with Crippen molar-refractivity contribution in [3.8, 4) is 11.4 Å². The molecule has 0 N–H and O–H groups in total. The van der Waals surface area contributed by atoms with E-state index in [1.807, 2.05) is 37.3 Å². The highest BCUT2D eigenvalue weighted by Crippen LogP contribution is 2.34. The number of carbonyl (C=O) groups is 1. The number of nitrogens with zero attached hydrogens (tertiary/aromatic N) is 3. The molecular formula is C17H15N3O2. The minimum absolute atomic E-state index is 0.182. The summed E-state index contributed by atoms with van der Waals surface area (Å²) in [6.07, 6.45) is 3.85. The van der Waals surface area contributed by atoms with Crippen LogP contribution in [0, 0.1) is 6.92 Å². The van der Waals surface area contributed by atoms with Crippen LogP contribution < -0.4 is 4.74 Å². The van der Waals surface area contributed by atoms with Crippen LogP contribution in [-0.2, 0) is 11.2 Å². The molecular weight excluding hydrogens is 278 g/mol. The lowest BCUT2D eigenvalue weighted by Gasteiger charge is -2.07. The second kappa shape index (κ2) is 4.94. The number of hydrogen-bond donors (Lipinski definition) is 0. The molecule has 0 atom stereocenters. The SMILES string of the molecule is Cc1nn(-c2ccccc2)c2ncc3c(c12)OC(=O)CCC3. The number of esters is 1. The molecule has 4 rings (SSSR count). The molecule has 5 nitrogen and oxygen atoms in total. The lowest BCUT2D eigenvalue weighted by Crippen LogP contribution is -2.06. The van der Waals surface area contributed by atoms with Gasteiger partial charge in [0, 0.05) is 18.2 Å². The smallest absolute Gasteiger partial charge is 0.311 e. The normalized spacial score (nSPS) is 14.5. The molecule has 0 radical (unpaired) electrons. The van der Waals surface area contributed by atoms with E-state index in [2.05, 4.69) is 10.1 Å². The number of benzene rings is 1. The van der Waals surface area contributed by atoms with E-state index in [9.17, 15) is 4.79 Å². The summed E-state index contributed by atoms with van der Waals surface area (Å²) in [7, 11) is 0. The van der Waals surface area contributed by atoms with E-state index in [0.717, 1.165) is 40.8 Å². The van der Waals surface area contributed by atoms with Crippen LogP contribution in [0.5, 0.6) is 5.75 Å². The number of aryl methyl sites for hydroxylation is 2. The number of para-hydroxylation sites is 1. The Kier molecular flexibility index (Phi) is 2.92. The van der Waals surface area contributed by atoms with Gasteiger partial charge in [0.05, 0.1) is 16.8 Å². The van der Waals surface area contributed by atoms with Gasteiger partial charge in [0.15, 0.2) is 5.65 Å². The Labute approximate surface area is 127 Å². The van der Waals surface area contributed by atoms with E-state index in [1.165, 1.54) is 0 Å². The molecule has 0 saturated heterocycles. The van der Waals surface area contributed by atoms with Gasteiger partial charge in [0.2, 0.25) is 0 Å². The highest BCUT2D eigenvalue weighted by atomic mass is 16.5. The number of rotatable bonds is 1. The first-order valence-electron chi connectivity index (χ1n) is 7.37. The molecule has 1 aromatic carbocycles. The zero-order valence-electron chi connectivity index (χ0n) is 12.2. The minimum atomic E-state index is -0.182. The fourth-order valence-electron chi connectivity index (χ4n) is 2.89. The second-order valence-corrected chi connectivity index (χ2v) is 5.47. The summed E-state index contributed by atoms with van der Waals surface area (Å²) in [5, 5.41) is 5.42. The third-order valence-corrected chi connectivity index (χ3v) is 3.94. The summed E-state index contributed by atoms with van der Waals surface area (Å²) < 4.78 is 7.36. The van der Waals surface area contributed by atoms with Gasteiger partial charge in [-0.3, -0.25) is 4.79 Å². The van der Waals surface area contributed by atoms with Gasteiger partial charge in [-0.05, 0) is 31.9 Å². The van der Waals surface area contributed by atoms with E-state index < -0.39 is 0 Å². The van der Waals surface area contributed by atoms with Gasteiger partial charge in [-0.2, -0.15) is 5.10 Å². The molecule has 0 amide bonds. The molecule has 2 aromatic heterocycles. The van der Waals surface area contributed by atoms with Crippen molar-refractivity contribution in [1.82, 2.24) is 14.8 Å². The van der Waals surface area contributed by atoms with E-state index in [1.54, 1.807) is 10.9 Å². The zero-order chi connectivity index (χ0) is 15.1. The first-order chi connectivity index (χ1) is 10.7. The predicted octanol–water partition coefficient (Wildman–Crippen LogP) is 2.97. The fourth-order valence-corrected chi connectivity index (χ4v) is 2.89. The molecule has 3 heterocycles. The average Bonchev–Trinajstić information content (AvgIpc) is 2.75. The van der Waals surface area contributed by atoms with Gasteiger partial charge in [0.1, 0.15) is 5.75 Å². The number of pyridine rings is 1. The molecule has 3 aromatic rings. The lowest BCUT2D eigenvalue weighted by molar-refractivity contribution is -0.134. The summed E-state index contributed by atoms with van der Waals surface area (Å²) in [5.41, 5.74) is 3.46. The summed E-state index contributed by atoms with van der Waals surface area (Å²) >= 11 is 0. The lowest BCUT2D eigenvalue weighted by atomic mass is 10.1. The molecule has 22 heavy (non-hydrogen) atoms. The zero-order valence-corrected chi connectivity index (χ0v) is 12.2. The molecule has 110 valence electrons. The number of ether oxygens (including phenoxy) is 1. The van der Waals surface area contributed by atoms with Crippen LogP contribution in [-0.4, -0.2) is 20.7 Å². The van der Waals surface area contributed by atoms with Crippen molar-refractivity contribution in [2.24, 2.45) is 0 Å². The maximum absolute atomic E-state index is 11.8. The van der Waals surface area contributed by atoms with Crippen molar-refractivity contribution in [2.75, 3.05) is 0 Å². The maximum Gasteiger partial charge on any atom is 0.311 e. The number of aromatic nitrogens is 3. The Morgan fingerprint density at radius 1 is 1.18 bits per heavy atom. The highest BCUT2D eigenvalue weighted by molar-refractivity contribution is 5.90. The van der Waals surface area contributed by atoms with Crippen molar-refractivity contribution in [1.29, 1.82) is 0 Å². The number of carbonyl (C=O) groups excluding carboxylic acids is 1. The van der Waals surface area contributed by atoms with Crippen LogP contribution in [0.2, 0.25) is 0 Å². The van der Waals surface area contributed by atoms with Crippen molar-refractivity contribution in [3.05, 3.63) is 47.8 Å². The highest BCUT2D eigenvalue weighted by Gasteiger charge is 2.22. The van der Waals surface area contributed by atoms with Gasteiger partial charge in [0.25, 0.3) is 0 Å². The molecule has 1 aliphatic heterocycles. The monoisotopic (exact) mass is 293 g/mol. The summed E-state index contributed by atoms with van der Waals surface area (Å²) in [5.74, 6) is 0.449. The average molecular weight is 293 g/mol. The van der Waals surface area contributed by atoms with E-state index in [0.29, 0.717) is 12.2 Å². The Hall–Kier alpha value is -2.69. The van der Waals surface area contributed by atoms with Crippen LogP contribution in [0.25, 0.3) is 16.7 Å². The van der Waals surface area contributed by atoms with Crippen molar-refractivity contribution in [2.45, 2.75) is 26.2 Å². The molecule has 1 aliphatic rings. The summed E-state index contributed by atoms with van der Waals surface area (Å²) in [4.78, 5) is 16.4. The fraction of sp³-hybridized carbons (Fsp3) is 0.235. The van der Waals surface area contributed by atoms with Gasteiger partial charge >= 0.3 is 5.97 Å². The Balaban J connectivity index is 1.99. The van der Waals surface area contributed by atoms with E-state index in [-0.39, 0.29) is 5.97 Å². The maximum atomic E-state index is 11.8. The van der Waals surface area contributed by atoms with Crippen LogP contribution in [0.1, 0.15) is 24.1 Å². The summed E-state index contributed by atoms with van der Waals surface area (Å²) in [6.45, 7) is 1.92. The molecule has 5 heteroatoms. The number of fused-ring (bicyclic) bond motifs is 3. The molecule has 0 bridgehead atoms. The standard InChI is InChI=1S/C17H15N3O2/c1-11-15-16-12(6-5-9-14(21)22-16)10-18-17(15)20(19-11)13-7-3-2-4-8-13/h2-4,7-8,10H,5-6,9H2,1H3. The van der Waals surface area contributed by atoms with Crippen LogP contribution in [0.15, 0.2) is 36.5 Å². The largest absolute Gasteiger partial charge is 0.425 e. The van der Waals surface area contributed by atoms with Crippen LogP contribution in [0.4, 0.5) is 0 Å². The topological polar surface area (TPSA) is 57.0 Å². The molecule has 0 saturated carbocycles. The number of hydrogen-bond acceptors (Lipinski definition) is 4. The van der Waals surface area contributed by atoms with Gasteiger partial charge in [-0.1, -0.05) is 18.2 Å². The molecule has 0 unspecified atom stereocenters. The Bertz CT molecular complexity index is 868.